The molecule has 0 spiro atoms. The van der Waals surface area contributed by atoms with Gasteiger partial charge in [-0.25, -0.2) is 9.69 Å². The van der Waals surface area contributed by atoms with Gasteiger partial charge in [0.05, 0.1) is 10.6 Å². The van der Waals surface area contributed by atoms with Crippen LogP contribution in [0.1, 0.15) is 27.9 Å². The average Bonchev–Trinajstić information content (AvgIpc) is 2.72. The third-order valence-electron chi connectivity index (χ3n) is 3.41. The molecule has 0 aliphatic heterocycles. The summed E-state index contributed by atoms with van der Waals surface area (Å²) in [5, 5.41) is 3.80. The predicted octanol–water partition coefficient (Wildman–Crippen LogP) is 3.28. The van der Waals surface area contributed by atoms with Gasteiger partial charge in [-0.05, 0) is 51.3 Å². The van der Waals surface area contributed by atoms with Crippen LogP contribution in [0.4, 0.5) is 5.88 Å². The van der Waals surface area contributed by atoms with Crippen molar-refractivity contribution in [3.05, 3.63) is 40.1 Å². The Bertz CT molecular complexity index is 665. The van der Waals surface area contributed by atoms with E-state index in [1.165, 1.54) is 0 Å². The largest absolute Gasteiger partial charge is 0.336 e. The number of anilines is 1. The van der Waals surface area contributed by atoms with Crippen LogP contribution in [0.25, 0.3) is 0 Å². The summed E-state index contributed by atoms with van der Waals surface area (Å²) < 4.78 is 22.6. The van der Waals surface area contributed by atoms with Crippen LogP contribution in [0, 0.1) is 34.6 Å². The zero-order valence-electron chi connectivity index (χ0n) is 12.2. The summed E-state index contributed by atoms with van der Waals surface area (Å²) in [5.74, 6) is 0.374. The van der Waals surface area contributed by atoms with Crippen molar-refractivity contribution in [3.8, 4) is 0 Å². The van der Waals surface area contributed by atoms with E-state index in [0.29, 0.717) is 10.8 Å². The number of aromatic nitrogens is 1. The second-order valence-corrected chi connectivity index (χ2v) is 5.84. The molecule has 0 radical (unpaired) electrons. The Balaban J connectivity index is 2.17. The highest BCUT2D eigenvalue weighted by atomic mass is 32.2. The van der Waals surface area contributed by atoms with Crippen LogP contribution in [0.5, 0.6) is 0 Å². The second-order valence-electron chi connectivity index (χ2n) is 4.80. The molecule has 1 aromatic heterocycles. The van der Waals surface area contributed by atoms with Crippen LogP contribution in [-0.4, -0.2) is 9.37 Å². The van der Waals surface area contributed by atoms with Gasteiger partial charge in [-0.2, -0.15) is 4.28 Å². The molecule has 1 heterocycles. The molecule has 1 unspecified atom stereocenters. The van der Waals surface area contributed by atoms with Crippen LogP contribution >= 0.6 is 0 Å². The maximum Gasteiger partial charge on any atom is 0.252 e. The molecular formula is C14H18N2O3S. The van der Waals surface area contributed by atoms with Crippen molar-refractivity contribution < 1.29 is 13.0 Å². The zero-order valence-corrected chi connectivity index (χ0v) is 13.1. The lowest BCUT2D eigenvalue weighted by molar-refractivity contribution is 0.366. The molecule has 1 N–H and O–H groups in total. The monoisotopic (exact) mass is 294 g/mol. The van der Waals surface area contributed by atoms with Crippen molar-refractivity contribution in [3.63, 3.8) is 0 Å². The summed E-state index contributed by atoms with van der Waals surface area (Å²) in [4.78, 5) is 0.686. The molecular weight excluding hydrogens is 276 g/mol. The fourth-order valence-corrected chi connectivity index (χ4v) is 2.79. The van der Waals surface area contributed by atoms with E-state index in [2.05, 4.69) is 10.6 Å². The first kappa shape index (κ1) is 14.7. The van der Waals surface area contributed by atoms with Crippen LogP contribution in [0.2, 0.25) is 0 Å². The Labute approximate surface area is 120 Å². The molecule has 20 heavy (non-hydrogen) atoms. The first-order valence-electron chi connectivity index (χ1n) is 6.26. The van der Waals surface area contributed by atoms with Crippen molar-refractivity contribution in [2.24, 2.45) is 0 Å². The van der Waals surface area contributed by atoms with Crippen molar-refractivity contribution in [1.82, 2.24) is 5.16 Å². The average molecular weight is 294 g/mol. The van der Waals surface area contributed by atoms with Gasteiger partial charge >= 0.3 is 0 Å². The highest BCUT2D eigenvalue weighted by Gasteiger charge is 2.15. The first-order valence-corrected chi connectivity index (χ1v) is 7.34. The number of nitrogens with zero attached hydrogens (tertiary/aromatic N) is 1. The lowest BCUT2D eigenvalue weighted by atomic mass is 10.1. The van der Waals surface area contributed by atoms with Gasteiger partial charge in [-0.1, -0.05) is 17.3 Å². The maximum absolute atomic E-state index is 12.3. The Morgan fingerprint density at radius 3 is 2.35 bits per heavy atom. The quantitative estimate of drug-likeness (QED) is 0.877. The predicted molar refractivity (Wildman–Crippen MR) is 77.7 cm³/mol. The molecule has 0 amide bonds. The molecule has 6 heteroatoms. The Hall–Kier alpha value is -1.66. The van der Waals surface area contributed by atoms with Crippen molar-refractivity contribution in [1.29, 1.82) is 0 Å². The summed E-state index contributed by atoms with van der Waals surface area (Å²) >= 11 is -1.62. The van der Waals surface area contributed by atoms with E-state index in [-0.39, 0.29) is 0 Å². The summed E-state index contributed by atoms with van der Waals surface area (Å²) in [6, 6.07) is 3.94. The molecule has 2 rings (SSSR count). The van der Waals surface area contributed by atoms with Crippen LogP contribution in [0.15, 0.2) is 21.6 Å². The molecule has 1 aromatic carbocycles. The minimum absolute atomic E-state index is 0.374. The molecule has 0 saturated heterocycles. The summed E-state index contributed by atoms with van der Waals surface area (Å²) in [7, 11) is 0. The van der Waals surface area contributed by atoms with Gasteiger partial charge in [0, 0.05) is 5.56 Å². The Kier molecular flexibility index (Phi) is 4.25. The first-order chi connectivity index (χ1) is 9.41. The molecule has 2 aromatic rings. The highest BCUT2D eigenvalue weighted by molar-refractivity contribution is 7.80. The lowest BCUT2D eigenvalue weighted by Crippen LogP contribution is -2.08. The molecule has 0 bridgehead atoms. The smallest absolute Gasteiger partial charge is 0.252 e. The van der Waals surface area contributed by atoms with Crippen molar-refractivity contribution in [2.75, 3.05) is 5.48 Å². The topological polar surface area (TPSA) is 64.4 Å². The Morgan fingerprint density at radius 1 is 1.10 bits per heavy atom. The standard InChI is InChI=1S/C14H18N2O3S/c1-8-6-7-9(2)13(10(8)3)20(17)19-16-14-11(4)12(5)15-18-14/h6-7,16H,1-5H3. The molecule has 0 saturated carbocycles. The van der Waals surface area contributed by atoms with Gasteiger partial charge in [0.15, 0.2) is 0 Å². The summed E-state index contributed by atoms with van der Waals surface area (Å²) in [5.41, 5.74) is 7.15. The molecule has 0 aliphatic rings. The third kappa shape index (κ3) is 2.76. The van der Waals surface area contributed by atoms with Gasteiger partial charge in [0.1, 0.15) is 0 Å². The minimum Gasteiger partial charge on any atom is -0.336 e. The number of hydrogen-bond donors (Lipinski definition) is 1. The van der Waals surface area contributed by atoms with Gasteiger partial charge < -0.3 is 4.52 Å². The van der Waals surface area contributed by atoms with Gasteiger partial charge in [-0.3, -0.25) is 0 Å². The highest BCUT2D eigenvalue weighted by Crippen LogP contribution is 2.23. The fourth-order valence-electron chi connectivity index (χ4n) is 1.81. The fraction of sp³-hybridized carbons (Fsp3) is 0.357. The van der Waals surface area contributed by atoms with E-state index in [0.717, 1.165) is 27.9 Å². The van der Waals surface area contributed by atoms with E-state index >= 15 is 0 Å². The lowest BCUT2D eigenvalue weighted by Gasteiger charge is -2.11. The van der Waals surface area contributed by atoms with Crippen LogP contribution in [0.3, 0.4) is 0 Å². The SMILES string of the molecule is Cc1ccc(C)c(S(=O)ONc2onc(C)c2C)c1C. The van der Waals surface area contributed by atoms with Crippen LogP contribution < -0.4 is 5.48 Å². The van der Waals surface area contributed by atoms with E-state index in [9.17, 15) is 4.21 Å². The minimum atomic E-state index is -1.62. The molecule has 108 valence electrons. The second kappa shape index (κ2) is 5.76. The number of benzene rings is 1. The molecule has 0 aliphatic carbocycles. The normalized spacial score (nSPS) is 12.4. The number of aryl methyl sites for hydroxylation is 3. The molecule has 0 fully saturated rings. The van der Waals surface area contributed by atoms with Gasteiger partial charge in [-0.15, -0.1) is 0 Å². The van der Waals surface area contributed by atoms with E-state index in [1.807, 2.05) is 46.8 Å². The van der Waals surface area contributed by atoms with E-state index in [4.69, 9.17) is 8.81 Å². The number of rotatable bonds is 4. The van der Waals surface area contributed by atoms with E-state index in [1.54, 1.807) is 0 Å². The summed E-state index contributed by atoms with van der Waals surface area (Å²) in [6.07, 6.45) is 0. The van der Waals surface area contributed by atoms with Gasteiger partial charge in [0.25, 0.3) is 5.88 Å². The number of nitrogens with one attached hydrogen (secondary N) is 1. The van der Waals surface area contributed by atoms with Crippen molar-refractivity contribution >= 4 is 17.0 Å². The summed E-state index contributed by atoms with van der Waals surface area (Å²) in [6.45, 7) is 9.50. The van der Waals surface area contributed by atoms with Crippen LogP contribution in [-0.2, 0) is 15.4 Å². The van der Waals surface area contributed by atoms with E-state index < -0.39 is 11.1 Å². The van der Waals surface area contributed by atoms with Gasteiger partial charge in [0.2, 0.25) is 11.1 Å². The Morgan fingerprint density at radius 2 is 1.75 bits per heavy atom. The third-order valence-corrected chi connectivity index (χ3v) is 4.60. The van der Waals surface area contributed by atoms with Crippen molar-refractivity contribution in [2.45, 2.75) is 39.5 Å². The molecule has 5 nitrogen and oxygen atoms in total. The number of hydrogen-bond acceptors (Lipinski definition) is 5. The maximum atomic E-state index is 12.3. The zero-order chi connectivity index (χ0) is 14.9. The molecule has 1 atom stereocenters.